The van der Waals surface area contributed by atoms with E-state index in [-0.39, 0.29) is 0 Å². The molecule has 0 aliphatic carbocycles. The van der Waals surface area contributed by atoms with Crippen LogP contribution in [0.5, 0.6) is 0 Å². The molecule has 4 nitrogen and oxygen atoms in total. The average Bonchev–Trinajstić information content (AvgIpc) is 2.44. The van der Waals surface area contributed by atoms with Crippen molar-refractivity contribution in [1.82, 2.24) is 15.1 Å². The molecule has 0 unspecified atom stereocenters. The van der Waals surface area contributed by atoms with Crippen LogP contribution in [0, 0.1) is 0 Å². The van der Waals surface area contributed by atoms with Gasteiger partial charge in [-0.05, 0) is 0 Å². The Labute approximate surface area is 72.2 Å². The smallest absolute Gasteiger partial charge is 0.130 e. The van der Waals surface area contributed by atoms with Crippen molar-refractivity contribution in [3.63, 3.8) is 0 Å². The molecule has 2 heterocycles. The standard InChI is InChI=1S/C8H14N4/c1-11(2)8-6-4-9-5-7(6)10-12(8)3/h9H,4-5H2,1-3H3. The first kappa shape index (κ1) is 7.61. The van der Waals surface area contributed by atoms with Crippen molar-refractivity contribution >= 4 is 5.82 Å². The molecule has 0 amide bonds. The van der Waals surface area contributed by atoms with Gasteiger partial charge in [-0.2, -0.15) is 5.10 Å². The second-order valence-electron chi connectivity index (χ2n) is 3.37. The lowest BCUT2D eigenvalue weighted by molar-refractivity contribution is 0.683. The summed E-state index contributed by atoms with van der Waals surface area (Å²) in [6, 6.07) is 0. The Morgan fingerprint density at radius 3 is 2.83 bits per heavy atom. The summed E-state index contributed by atoms with van der Waals surface area (Å²) >= 11 is 0. The summed E-state index contributed by atoms with van der Waals surface area (Å²) in [6.45, 7) is 1.87. The predicted molar refractivity (Wildman–Crippen MR) is 48.1 cm³/mol. The highest BCUT2D eigenvalue weighted by Gasteiger charge is 2.20. The van der Waals surface area contributed by atoms with Crippen molar-refractivity contribution in [3.8, 4) is 0 Å². The molecule has 12 heavy (non-hydrogen) atoms. The van der Waals surface area contributed by atoms with Gasteiger partial charge in [0, 0.05) is 39.8 Å². The molecule has 0 bridgehead atoms. The zero-order valence-electron chi connectivity index (χ0n) is 7.76. The number of aromatic nitrogens is 2. The fraction of sp³-hybridized carbons (Fsp3) is 0.625. The van der Waals surface area contributed by atoms with Crippen LogP contribution in [-0.2, 0) is 20.1 Å². The second-order valence-corrected chi connectivity index (χ2v) is 3.37. The number of rotatable bonds is 1. The molecule has 0 atom stereocenters. The van der Waals surface area contributed by atoms with Crippen molar-refractivity contribution in [1.29, 1.82) is 0 Å². The van der Waals surface area contributed by atoms with E-state index < -0.39 is 0 Å². The van der Waals surface area contributed by atoms with Gasteiger partial charge < -0.3 is 10.2 Å². The van der Waals surface area contributed by atoms with Crippen LogP contribution in [0.3, 0.4) is 0 Å². The van der Waals surface area contributed by atoms with Crippen LogP contribution >= 0.6 is 0 Å². The maximum Gasteiger partial charge on any atom is 0.130 e. The van der Waals surface area contributed by atoms with E-state index in [0.29, 0.717) is 0 Å². The van der Waals surface area contributed by atoms with Crippen molar-refractivity contribution in [2.45, 2.75) is 13.1 Å². The molecule has 0 fully saturated rings. The summed E-state index contributed by atoms with van der Waals surface area (Å²) in [5, 5.41) is 7.71. The molecule has 0 saturated carbocycles. The molecule has 1 aliphatic heterocycles. The predicted octanol–water partition coefficient (Wildman–Crippen LogP) is 0.0893. The van der Waals surface area contributed by atoms with Gasteiger partial charge in [0.05, 0.1) is 5.69 Å². The number of anilines is 1. The van der Waals surface area contributed by atoms with Gasteiger partial charge in [0.15, 0.2) is 0 Å². The molecule has 1 aromatic heterocycles. The zero-order chi connectivity index (χ0) is 8.72. The van der Waals surface area contributed by atoms with E-state index in [9.17, 15) is 0 Å². The molecular weight excluding hydrogens is 152 g/mol. The van der Waals surface area contributed by atoms with E-state index in [1.165, 1.54) is 17.1 Å². The lowest BCUT2D eigenvalue weighted by atomic mass is 10.3. The van der Waals surface area contributed by atoms with Gasteiger partial charge >= 0.3 is 0 Å². The van der Waals surface area contributed by atoms with Gasteiger partial charge in [0.1, 0.15) is 5.82 Å². The van der Waals surface area contributed by atoms with Crippen molar-refractivity contribution in [3.05, 3.63) is 11.3 Å². The van der Waals surface area contributed by atoms with E-state index in [4.69, 9.17) is 0 Å². The van der Waals surface area contributed by atoms with Crippen LogP contribution in [0.15, 0.2) is 0 Å². The molecule has 4 heteroatoms. The molecular formula is C8H14N4. The van der Waals surface area contributed by atoms with E-state index in [2.05, 4.69) is 29.4 Å². The van der Waals surface area contributed by atoms with Crippen molar-refractivity contribution in [2.24, 2.45) is 7.05 Å². The third-order valence-electron chi connectivity index (χ3n) is 2.21. The van der Waals surface area contributed by atoms with Gasteiger partial charge in [-0.25, -0.2) is 0 Å². The second kappa shape index (κ2) is 2.48. The van der Waals surface area contributed by atoms with Gasteiger partial charge in [0.2, 0.25) is 0 Å². The zero-order valence-corrected chi connectivity index (χ0v) is 7.76. The Bertz CT molecular complexity index is 300. The molecule has 0 spiro atoms. The molecule has 1 aromatic rings. The molecule has 2 rings (SSSR count). The number of hydrogen-bond donors (Lipinski definition) is 1. The van der Waals surface area contributed by atoms with Crippen LogP contribution < -0.4 is 10.2 Å². The first-order valence-electron chi connectivity index (χ1n) is 4.13. The Morgan fingerprint density at radius 2 is 2.17 bits per heavy atom. The quantitative estimate of drug-likeness (QED) is 0.642. The fourth-order valence-corrected chi connectivity index (χ4v) is 1.80. The summed E-state index contributed by atoms with van der Waals surface area (Å²) in [4.78, 5) is 2.11. The first-order chi connectivity index (χ1) is 5.70. The molecule has 0 saturated heterocycles. The van der Waals surface area contributed by atoms with E-state index >= 15 is 0 Å². The van der Waals surface area contributed by atoms with Crippen LogP contribution in [0.1, 0.15) is 11.3 Å². The van der Waals surface area contributed by atoms with Gasteiger partial charge in [-0.3, -0.25) is 4.68 Å². The lowest BCUT2D eigenvalue weighted by Gasteiger charge is -2.13. The largest absolute Gasteiger partial charge is 0.363 e. The lowest BCUT2D eigenvalue weighted by Crippen LogP contribution is -2.16. The van der Waals surface area contributed by atoms with Crippen LogP contribution in [0.2, 0.25) is 0 Å². The molecule has 0 aromatic carbocycles. The normalized spacial score (nSPS) is 14.9. The Balaban J connectivity index is 2.52. The van der Waals surface area contributed by atoms with E-state index in [1.54, 1.807) is 0 Å². The topological polar surface area (TPSA) is 33.1 Å². The monoisotopic (exact) mass is 166 g/mol. The van der Waals surface area contributed by atoms with Crippen LogP contribution in [0.4, 0.5) is 5.82 Å². The third-order valence-corrected chi connectivity index (χ3v) is 2.21. The van der Waals surface area contributed by atoms with Gasteiger partial charge in [0.25, 0.3) is 0 Å². The highest BCUT2D eigenvalue weighted by molar-refractivity contribution is 5.50. The Kier molecular flexibility index (Phi) is 1.58. The van der Waals surface area contributed by atoms with E-state index in [0.717, 1.165) is 13.1 Å². The van der Waals surface area contributed by atoms with Crippen molar-refractivity contribution < 1.29 is 0 Å². The number of fused-ring (bicyclic) bond motifs is 1. The first-order valence-corrected chi connectivity index (χ1v) is 4.13. The van der Waals surface area contributed by atoms with Gasteiger partial charge in [-0.15, -0.1) is 0 Å². The Morgan fingerprint density at radius 1 is 1.42 bits per heavy atom. The van der Waals surface area contributed by atoms with Crippen molar-refractivity contribution in [2.75, 3.05) is 19.0 Å². The molecule has 1 N–H and O–H groups in total. The SMILES string of the molecule is CN(C)c1c2c(nn1C)CNC2. The summed E-state index contributed by atoms with van der Waals surface area (Å²) in [6.07, 6.45) is 0. The van der Waals surface area contributed by atoms with E-state index in [1.807, 2.05) is 11.7 Å². The highest BCUT2D eigenvalue weighted by atomic mass is 15.4. The minimum atomic E-state index is 0.914. The minimum Gasteiger partial charge on any atom is -0.363 e. The number of hydrogen-bond acceptors (Lipinski definition) is 3. The maximum absolute atomic E-state index is 4.42. The fourth-order valence-electron chi connectivity index (χ4n) is 1.80. The molecule has 66 valence electrons. The summed E-state index contributed by atoms with van der Waals surface area (Å²) in [5.74, 6) is 1.22. The number of nitrogens with one attached hydrogen (secondary N) is 1. The third kappa shape index (κ3) is 0.914. The molecule has 1 aliphatic rings. The minimum absolute atomic E-state index is 0.914. The maximum atomic E-state index is 4.42. The van der Waals surface area contributed by atoms with Crippen LogP contribution in [-0.4, -0.2) is 23.9 Å². The average molecular weight is 166 g/mol. The molecule has 0 radical (unpaired) electrons. The summed E-state index contributed by atoms with van der Waals surface area (Å²) in [7, 11) is 6.10. The summed E-state index contributed by atoms with van der Waals surface area (Å²) < 4.78 is 1.95. The Hall–Kier alpha value is -1.03. The number of aryl methyl sites for hydroxylation is 1. The highest BCUT2D eigenvalue weighted by Crippen LogP contribution is 2.24. The number of nitrogens with zero attached hydrogens (tertiary/aromatic N) is 3. The summed E-state index contributed by atoms with van der Waals surface area (Å²) in [5.41, 5.74) is 2.55. The van der Waals surface area contributed by atoms with Crippen LogP contribution in [0.25, 0.3) is 0 Å². The van der Waals surface area contributed by atoms with Gasteiger partial charge in [-0.1, -0.05) is 0 Å².